The maximum Gasteiger partial charge on any atom is 0.224 e. The number of hydrogen-bond acceptors (Lipinski definition) is 2. The highest BCUT2D eigenvalue weighted by molar-refractivity contribution is 6.30. The Bertz CT molecular complexity index is 458. The molecule has 4 heteroatoms. The van der Waals surface area contributed by atoms with Crippen LogP contribution in [0.5, 0.6) is 0 Å². The summed E-state index contributed by atoms with van der Waals surface area (Å²) in [5, 5.41) is 3.73. The van der Waals surface area contributed by atoms with Gasteiger partial charge in [0.05, 0.1) is 0 Å². The van der Waals surface area contributed by atoms with Crippen molar-refractivity contribution >= 4 is 17.5 Å². The van der Waals surface area contributed by atoms with E-state index in [2.05, 4.69) is 25.2 Å². The van der Waals surface area contributed by atoms with Crippen LogP contribution in [0.4, 0.5) is 0 Å². The number of carbonyl (C=O) groups excluding carboxylic acids is 1. The first kappa shape index (κ1) is 17.0. The normalized spacial score (nSPS) is 14.7. The summed E-state index contributed by atoms with van der Waals surface area (Å²) in [6.45, 7) is 8.58. The van der Waals surface area contributed by atoms with E-state index in [1.807, 2.05) is 32.0 Å². The molecule has 1 aromatic rings. The zero-order valence-electron chi connectivity index (χ0n) is 12.7. The molecule has 2 unspecified atom stereocenters. The van der Waals surface area contributed by atoms with Gasteiger partial charge in [-0.15, -0.1) is 0 Å². The van der Waals surface area contributed by atoms with Gasteiger partial charge in [-0.05, 0) is 36.5 Å². The fourth-order valence-corrected chi connectivity index (χ4v) is 2.20. The van der Waals surface area contributed by atoms with Crippen LogP contribution < -0.4 is 11.1 Å². The number of benzene rings is 1. The fraction of sp³-hybridized carbons (Fsp3) is 0.562. The molecule has 112 valence electrons. The van der Waals surface area contributed by atoms with Crippen molar-refractivity contribution in [2.75, 3.05) is 6.54 Å². The topological polar surface area (TPSA) is 55.1 Å². The highest BCUT2D eigenvalue weighted by Gasteiger charge is 2.22. The number of nitrogens with two attached hydrogens (primary N) is 1. The lowest BCUT2D eigenvalue weighted by atomic mass is 9.85. The van der Waals surface area contributed by atoms with Gasteiger partial charge in [0.25, 0.3) is 0 Å². The van der Waals surface area contributed by atoms with Gasteiger partial charge in [0, 0.05) is 23.5 Å². The third-order valence-corrected chi connectivity index (χ3v) is 3.75. The van der Waals surface area contributed by atoms with Crippen LogP contribution in [0.15, 0.2) is 24.3 Å². The van der Waals surface area contributed by atoms with E-state index in [1.165, 1.54) is 5.56 Å². The van der Waals surface area contributed by atoms with E-state index in [4.69, 9.17) is 17.3 Å². The van der Waals surface area contributed by atoms with Crippen molar-refractivity contribution in [3.05, 3.63) is 34.9 Å². The molecule has 0 aliphatic heterocycles. The number of carbonyl (C=O) groups is 1. The van der Waals surface area contributed by atoms with E-state index in [1.54, 1.807) is 0 Å². The Kier molecular flexibility index (Phi) is 6.03. The Balaban J connectivity index is 2.55. The van der Waals surface area contributed by atoms with Crippen LogP contribution >= 0.6 is 11.6 Å². The molecule has 1 amide bonds. The van der Waals surface area contributed by atoms with Crippen LogP contribution in [-0.4, -0.2) is 18.5 Å². The summed E-state index contributed by atoms with van der Waals surface area (Å²) >= 11 is 5.99. The minimum atomic E-state index is -0.169. The van der Waals surface area contributed by atoms with Crippen LogP contribution in [0, 0.1) is 11.3 Å². The minimum absolute atomic E-state index is 0.0131. The zero-order chi connectivity index (χ0) is 15.3. The first-order chi connectivity index (χ1) is 9.21. The number of rotatable bonds is 6. The molecule has 0 spiro atoms. The summed E-state index contributed by atoms with van der Waals surface area (Å²) < 4.78 is 0. The summed E-state index contributed by atoms with van der Waals surface area (Å²) in [6.07, 6.45) is 0.862. The first-order valence-electron chi connectivity index (χ1n) is 6.99. The number of halogens is 1. The van der Waals surface area contributed by atoms with Crippen molar-refractivity contribution in [3.63, 3.8) is 0 Å². The molecule has 20 heavy (non-hydrogen) atoms. The van der Waals surface area contributed by atoms with E-state index in [0.29, 0.717) is 6.54 Å². The van der Waals surface area contributed by atoms with Gasteiger partial charge >= 0.3 is 0 Å². The Morgan fingerprint density at radius 3 is 2.60 bits per heavy atom. The molecule has 0 aliphatic rings. The number of amides is 1. The quantitative estimate of drug-likeness (QED) is 0.848. The molecule has 0 bridgehead atoms. The van der Waals surface area contributed by atoms with E-state index >= 15 is 0 Å². The molecule has 3 N–H and O–H groups in total. The average molecular weight is 297 g/mol. The molecule has 0 fully saturated rings. The second-order valence-corrected chi connectivity index (χ2v) is 6.77. The van der Waals surface area contributed by atoms with Crippen LogP contribution in [-0.2, 0) is 11.2 Å². The van der Waals surface area contributed by atoms with Gasteiger partial charge in [-0.3, -0.25) is 4.79 Å². The highest BCUT2D eigenvalue weighted by Crippen LogP contribution is 2.23. The molecule has 0 radical (unpaired) electrons. The molecule has 1 rings (SSSR count). The number of hydrogen-bond donors (Lipinski definition) is 2. The monoisotopic (exact) mass is 296 g/mol. The van der Waals surface area contributed by atoms with E-state index in [-0.39, 0.29) is 23.3 Å². The smallest absolute Gasteiger partial charge is 0.224 e. The highest BCUT2D eigenvalue weighted by atomic mass is 35.5. The van der Waals surface area contributed by atoms with Crippen molar-refractivity contribution in [1.29, 1.82) is 0 Å². The molecule has 0 saturated heterocycles. The predicted octanol–water partition coefficient (Wildman–Crippen LogP) is 3.01. The molecule has 0 heterocycles. The molecule has 0 aromatic heterocycles. The maximum absolute atomic E-state index is 11.9. The summed E-state index contributed by atoms with van der Waals surface area (Å²) in [5.74, 6) is -0.156. The molecule has 2 atom stereocenters. The first-order valence-corrected chi connectivity index (χ1v) is 7.37. The maximum atomic E-state index is 11.9. The summed E-state index contributed by atoms with van der Waals surface area (Å²) in [7, 11) is 0. The minimum Gasteiger partial charge on any atom is -0.355 e. The lowest BCUT2D eigenvalue weighted by Gasteiger charge is -2.26. The Hall–Kier alpha value is -1.06. The molecular weight excluding hydrogens is 272 g/mol. The van der Waals surface area contributed by atoms with Crippen LogP contribution in [0.3, 0.4) is 0 Å². The van der Waals surface area contributed by atoms with E-state index < -0.39 is 0 Å². The van der Waals surface area contributed by atoms with Gasteiger partial charge in [-0.1, -0.05) is 44.5 Å². The van der Waals surface area contributed by atoms with Crippen molar-refractivity contribution in [1.82, 2.24) is 5.32 Å². The van der Waals surface area contributed by atoms with Crippen molar-refractivity contribution in [2.24, 2.45) is 17.1 Å². The van der Waals surface area contributed by atoms with Gasteiger partial charge in [0.15, 0.2) is 0 Å². The Morgan fingerprint density at radius 2 is 2.05 bits per heavy atom. The zero-order valence-corrected chi connectivity index (χ0v) is 13.5. The molecular formula is C16H25ClN2O. The fourth-order valence-electron chi connectivity index (χ4n) is 1.99. The number of nitrogens with one attached hydrogen (secondary N) is 1. The lowest BCUT2D eigenvalue weighted by Crippen LogP contribution is -2.42. The SMILES string of the molecule is CC(N)C(C)C(=O)NCC(C)(C)Cc1cccc(Cl)c1. The van der Waals surface area contributed by atoms with Gasteiger partial charge < -0.3 is 11.1 Å². The summed E-state index contributed by atoms with van der Waals surface area (Å²) in [4.78, 5) is 11.9. The van der Waals surface area contributed by atoms with Gasteiger partial charge in [-0.25, -0.2) is 0 Å². The molecule has 3 nitrogen and oxygen atoms in total. The van der Waals surface area contributed by atoms with Crippen LogP contribution in [0.1, 0.15) is 33.3 Å². The molecule has 1 aromatic carbocycles. The second-order valence-electron chi connectivity index (χ2n) is 6.34. The molecule has 0 saturated carbocycles. The van der Waals surface area contributed by atoms with Crippen molar-refractivity contribution in [3.8, 4) is 0 Å². The van der Waals surface area contributed by atoms with Crippen LogP contribution in [0.25, 0.3) is 0 Å². The van der Waals surface area contributed by atoms with Gasteiger partial charge in [0.1, 0.15) is 0 Å². The third kappa shape index (κ3) is 5.51. The predicted molar refractivity (Wildman–Crippen MR) is 84.8 cm³/mol. The lowest BCUT2D eigenvalue weighted by molar-refractivity contribution is -0.125. The third-order valence-electron chi connectivity index (χ3n) is 3.52. The van der Waals surface area contributed by atoms with Crippen LogP contribution in [0.2, 0.25) is 5.02 Å². The summed E-state index contributed by atoms with van der Waals surface area (Å²) in [6, 6.07) is 7.70. The molecule has 0 aliphatic carbocycles. The second kappa shape index (κ2) is 7.09. The van der Waals surface area contributed by atoms with Gasteiger partial charge in [0.2, 0.25) is 5.91 Å². The van der Waals surface area contributed by atoms with Gasteiger partial charge in [-0.2, -0.15) is 0 Å². The van der Waals surface area contributed by atoms with E-state index in [9.17, 15) is 4.79 Å². The van der Waals surface area contributed by atoms with E-state index in [0.717, 1.165) is 11.4 Å². The average Bonchev–Trinajstić information content (AvgIpc) is 2.34. The van der Waals surface area contributed by atoms with Crippen molar-refractivity contribution in [2.45, 2.75) is 40.2 Å². The Labute approximate surface area is 126 Å². The summed E-state index contributed by atoms with van der Waals surface area (Å²) in [5.41, 5.74) is 6.89. The van der Waals surface area contributed by atoms with Crippen molar-refractivity contribution < 1.29 is 4.79 Å². The standard InChI is InChI=1S/C16H25ClN2O/c1-11(12(2)18)15(20)19-10-16(3,4)9-13-6-5-7-14(17)8-13/h5-8,11-12H,9-10,18H2,1-4H3,(H,19,20). The largest absolute Gasteiger partial charge is 0.355 e. The Morgan fingerprint density at radius 1 is 1.40 bits per heavy atom.